The Morgan fingerprint density at radius 2 is 1.79 bits per heavy atom. The van der Waals surface area contributed by atoms with E-state index < -0.39 is 0 Å². The molecule has 100 valence electrons. The first kappa shape index (κ1) is 13.9. The first-order valence-electron chi connectivity index (χ1n) is 6.23. The van der Waals surface area contributed by atoms with Gasteiger partial charge in [0, 0.05) is 29.0 Å². The van der Waals surface area contributed by atoms with Crippen LogP contribution in [0.15, 0.2) is 36.4 Å². The third-order valence-electron chi connectivity index (χ3n) is 3.29. The SMILES string of the molecule is Cc1ccc(N(C)c2cc(Cl)ccc2CO)c(C)c1. The predicted molar refractivity (Wildman–Crippen MR) is 81.4 cm³/mol. The topological polar surface area (TPSA) is 23.5 Å². The Bertz CT molecular complexity index is 595. The Hall–Kier alpha value is -1.51. The Kier molecular flexibility index (Phi) is 4.13. The van der Waals surface area contributed by atoms with Gasteiger partial charge in [-0.05, 0) is 37.6 Å². The molecule has 0 aromatic heterocycles. The van der Waals surface area contributed by atoms with Crippen LogP contribution >= 0.6 is 11.6 Å². The van der Waals surface area contributed by atoms with Crippen LogP contribution in [-0.4, -0.2) is 12.2 Å². The van der Waals surface area contributed by atoms with E-state index >= 15 is 0 Å². The number of halogens is 1. The fourth-order valence-corrected chi connectivity index (χ4v) is 2.46. The smallest absolute Gasteiger partial charge is 0.0702 e. The van der Waals surface area contributed by atoms with Gasteiger partial charge >= 0.3 is 0 Å². The van der Waals surface area contributed by atoms with Crippen LogP contribution in [0.5, 0.6) is 0 Å². The van der Waals surface area contributed by atoms with E-state index in [1.54, 1.807) is 6.07 Å². The third-order valence-corrected chi connectivity index (χ3v) is 3.53. The summed E-state index contributed by atoms with van der Waals surface area (Å²) < 4.78 is 0. The largest absolute Gasteiger partial charge is 0.392 e. The van der Waals surface area contributed by atoms with Crippen LogP contribution in [0.3, 0.4) is 0 Å². The average Bonchev–Trinajstić information content (AvgIpc) is 2.38. The number of hydrogen-bond donors (Lipinski definition) is 1. The monoisotopic (exact) mass is 275 g/mol. The number of aliphatic hydroxyl groups is 1. The van der Waals surface area contributed by atoms with Crippen LogP contribution < -0.4 is 4.90 Å². The van der Waals surface area contributed by atoms with Gasteiger partial charge < -0.3 is 10.0 Å². The Morgan fingerprint density at radius 3 is 2.42 bits per heavy atom. The molecule has 0 bridgehead atoms. The average molecular weight is 276 g/mol. The summed E-state index contributed by atoms with van der Waals surface area (Å²) in [5.41, 5.74) is 5.35. The maximum absolute atomic E-state index is 9.45. The zero-order valence-electron chi connectivity index (χ0n) is 11.4. The second-order valence-corrected chi connectivity index (χ2v) is 5.22. The van der Waals surface area contributed by atoms with Crippen LogP contribution in [0.25, 0.3) is 0 Å². The van der Waals surface area contributed by atoms with Crippen LogP contribution in [0.1, 0.15) is 16.7 Å². The summed E-state index contributed by atoms with van der Waals surface area (Å²) in [6.07, 6.45) is 0. The van der Waals surface area contributed by atoms with Crippen LogP contribution in [0, 0.1) is 13.8 Å². The van der Waals surface area contributed by atoms with Gasteiger partial charge in [-0.15, -0.1) is 0 Å². The fraction of sp³-hybridized carbons (Fsp3) is 0.250. The number of anilines is 2. The van der Waals surface area contributed by atoms with Gasteiger partial charge in [-0.3, -0.25) is 0 Å². The minimum Gasteiger partial charge on any atom is -0.392 e. The molecule has 2 nitrogen and oxygen atoms in total. The van der Waals surface area contributed by atoms with Gasteiger partial charge in [-0.25, -0.2) is 0 Å². The van der Waals surface area contributed by atoms with E-state index in [9.17, 15) is 5.11 Å². The molecule has 0 unspecified atom stereocenters. The van der Waals surface area contributed by atoms with Crippen molar-refractivity contribution in [3.63, 3.8) is 0 Å². The van der Waals surface area contributed by atoms with Crippen molar-refractivity contribution in [3.05, 3.63) is 58.1 Å². The summed E-state index contributed by atoms with van der Waals surface area (Å²) in [4.78, 5) is 2.06. The van der Waals surface area contributed by atoms with Crippen molar-refractivity contribution in [1.29, 1.82) is 0 Å². The fourth-order valence-electron chi connectivity index (χ4n) is 2.29. The molecule has 0 atom stereocenters. The molecule has 19 heavy (non-hydrogen) atoms. The predicted octanol–water partition coefficient (Wildman–Crippen LogP) is 4.22. The van der Waals surface area contributed by atoms with E-state index in [-0.39, 0.29) is 6.61 Å². The summed E-state index contributed by atoms with van der Waals surface area (Å²) in [5.74, 6) is 0. The second-order valence-electron chi connectivity index (χ2n) is 4.78. The highest BCUT2D eigenvalue weighted by Crippen LogP contribution is 2.32. The molecule has 0 aliphatic rings. The summed E-state index contributed by atoms with van der Waals surface area (Å²) in [7, 11) is 1.99. The molecule has 2 rings (SSSR count). The summed E-state index contributed by atoms with van der Waals surface area (Å²) in [6, 6.07) is 11.9. The number of hydrogen-bond acceptors (Lipinski definition) is 2. The van der Waals surface area contributed by atoms with Crippen molar-refractivity contribution < 1.29 is 5.11 Å². The first-order valence-corrected chi connectivity index (χ1v) is 6.61. The lowest BCUT2D eigenvalue weighted by Crippen LogP contribution is -2.13. The highest BCUT2D eigenvalue weighted by Gasteiger charge is 2.11. The van der Waals surface area contributed by atoms with Crippen LogP contribution in [0.4, 0.5) is 11.4 Å². The molecule has 0 aliphatic heterocycles. The summed E-state index contributed by atoms with van der Waals surface area (Å²) in [5, 5.41) is 10.1. The van der Waals surface area contributed by atoms with Crippen molar-refractivity contribution in [2.45, 2.75) is 20.5 Å². The van der Waals surface area contributed by atoms with Crippen molar-refractivity contribution in [2.24, 2.45) is 0 Å². The van der Waals surface area contributed by atoms with Gasteiger partial charge in [0.05, 0.1) is 6.61 Å². The third kappa shape index (κ3) is 2.91. The van der Waals surface area contributed by atoms with Gasteiger partial charge in [0.2, 0.25) is 0 Å². The quantitative estimate of drug-likeness (QED) is 0.907. The highest BCUT2D eigenvalue weighted by molar-refractivity contribution is 6.30. The molecule has 0 aliphatic carbocycles. The number of rotatable bonds is 3. The van der Waals surface area contributed by atoms with Crippen molar-refractivity contribution >= 4 is 23.0 Å². The maximum Gasteiger partial charge on any atom is 0.0702 e. The molecule has 0 spiro atoms. The minimum atomic E-state index is 0.00174. The molecular weight excluding hydrogens is 258 g/mol. The Morgan fingerprint density at radius 1 is 1.05 bits per heavy atom. The molecule has 0 saturated heterocycles. The van der Waals surface area contributed by atoms with E-state index in [0.717, 1.165) is 16.9 Å². The Balaban J connectivity index is 2.49. The van der Waals surface area contributed by atoms with E-state index in [0.29, 0.717) is 5.02 Å². The van der Waals surface area contributed by atoms with Crippen molar-refractivity contribution in [1.82, 2.24) is 0 Å². The molecule has 1 N–H and O–H groups in total. The number of aryl methyl sites for hydroxylation is 2. The van der Waals surface area contributed by atoms with E-state index in [4.69, 9.17) is 11.6 Å². The van der Waals surface area contributed by atoms with E-state index in [1.165, 1.54) is 11.1 Å². The van der Waals surface area contributed by atoms with E-state index in [1.807, 2.05) is 19.2 Å². The Labute approximate surface area is 119 Å². The minimum absolute atomic E-state index is 0.00174. The standard InChI is InChI=1S/C16H18ClNO/c1-11-4-7-15(12(2)8-11)18(3)16-9-14(17)6-5-13(16)10-19/h4-9,19H,10H2,1-3H3. The molecule has 0 fully saturated rings. The lowest BCUT2D eigenvalue weighted by Gasteiger charge is -2.24. The number of aliphatic hydroxyl groups excluding tert-OH is 1. The van der Waals surface area contributed by atoms with Gasteiger partial charge in [-0.1, -0.05) is 35.4 Å². The zero-order valence-corrected chi connectivity index (χ0v) is 12.2. The van der Waals surface area contributed by atoms with Gasteiger partial charge in [0.25, 0.3) is 0 Å². The lowest BCUT2D eigenvalue weighted by atomic mass is 10.1. The lowest BCUT2D eigenvalue weighted by molar-refractivity contribution is 0.282. The summed E-state index contributed by atoms with van der Waals surface area (Å²) >= 11 is 6.06. The molecule has 2 aromatic carbocycles. The number of benzene rings is 2. The first-order chi connectivity index (χ1) is 9.02. The van der Waals surface area contributed by atoms with Crippen LogP contribution in [-0.2, 0) is 6.61 Å². The number of nitrogens with zero attached hydrogens (tertiary/aromatic N) is 1. The molecule has 0 saturated carbocycles. The van der Waals surface area contributed by atoms with Gasteiger partial charge in [0.15, 0.2) is 0 Å². The van der Waals surface area contributed by atoms with Crippen molar-refractivity contribution in [2.75, 3.05) is 11.9 Å². The molecule has 0 heterocycles. The molecule has 3 heteroatoms. The van der Waals surface area contributed by atoms with Gasteiger partial charge in [-0.2, -0.15) is 0 Å². The maximum atomic E-state index is 9.45. The molecule has 0 amide bonds. The van der Waals surface area contributed by atoms with Crippen molar-refractivity contribution in [3.8, 4) is 0 Å². The van der Waals surface area contributed by atoms with E-state index in [2.05, 4.69) is 36.9 Å². The molecular formula is C16H18ClNO. The van der Waals surface area contributed by atoms with Crippen LogP contribution in [0.2, 0.25) is 5.02 Å². The normalized spacial score (nSPS) is 10.6. The molecule has 0 radical (unpaired) electrons. The molecule has 2 aromatic rings. The highest BCUT2D eigenvalue weighted by atomic mass is 35.5. The second kappa shape index (κ2) is 5.64. The van der Waals surface area contributed by atoms with Gasteiger partial charge in [0.1, 0.15) is 0 Å². The zero-order chi connectivity index (χ0) is 14.0. The summed E-state index contributed by atoms with van der Waals surface area (Å²) in [6.45, 7) is 4.17.